The number of aromatic nitrogens is 1. The van der Waals surface area contributed by atoms with Gasteiger partial charge in [-0.3, -0.25) is 14.6 Å². The Labute approximate surface area is 281 Å². The van der Waals surface area contributed by atoms with Crippen LogP contribution in [0.5, 0.6) is 5.75 Å². The van der Waals surface area contributed by atoms with E-state index < -0.39 is 0 Å². The van der Waals surface area contributed by atoms with Gasteiger partial charge in [0.1, 0.15) is 12.4 Å². The number of likely N-dealkylation sites (N-methyl/N-ethyl adjacent to an activating group) is 3. The Balaban J connectivity index is 0.00000323. The van der Waals surface area contributed by atoms with Crippen LogP contribution in [-0.4, -0.2) is 106 Å². The second-order valence-electron chi connectivity index (χ2n) is 11.5. The normalized spacial score (nSPS) is 18.8. The molecule has 3 heterocycles. The maximum Gasteiger partial charge on any atom is 0.236 e. The Morgan fingerprint density at radius 3 is 2.57 bits per heavy atom. The first-order valence-electron chi connectivity index (χ1n) is 14.7. The Bertz CT molecular complexity index is 1190. The molecule has 0 spiro atoms. The highest BCUT2D eigenvalue weighted by atomic mass is 35.5. The lowest BCUT2D eigenvalue weighted by atomic mass is 9.82. The fourth-order valence-corrected chi connectivity index (χ4v) is 5.41. The average Bonchev–Trinajstić information content (AvgIpc) is 2.98. The molecule has 1 fully saturated rings. The summed E-state index contributed by atoms with van der Waals surface area (Å²) in [5, 5.41) is 3.35. The number of hydrogen-bond acceptors (Lipinski definition) is 7. The van der Waals surface area contributed by atoms with Crippen molar-refractivity contribution >= 4 is 54.7 Å². The zero-order chi connectivity index (χ0) is 29.2. The van der Waals surface area contributed by atoms with Crippen molar-refractivity contribution in [3.05, 3.63) is 66.0 Å². The van der Waals surface area contributed by atoms with Crippen molar-refractivity contribution in [1.82, 2.24) is 25.0 Å². The molecule has 12 heteroatoms. The number of carbonyl (C=O) groups excluding carboxylic acids is 2. The van der Waals surface area contributed by atoms with Gasteiger partial charge in [0.2, 0.25) is 11.8 Å². The van der Waals surface area contributed by atoms with E-state index in [1.54, 1.807) is 0 Å². The van der Waals surface area contributed by atoms with E-state index in [0.29, 0.717) is 39.2 Å². The molecule has 2 amide bonds. The molecule has 1 saturated heterocycles. The van der Waals surface area contributed by atoms with Crippen LogP contribution in [0.25, 0.3) is 0 Å². The van der Waals surface area contributed by atoms with Gasteiger partial charge in [-0.25, -0.2) is 0 Å². The van der Waals surface area contributed by atoms with Crippen LogP contribution in [0.15, 0.2) is 54.7 Å². The van der Waals surface area contributed by atoms with Crippen molar-refractivity contribution in [3.8, 4) is 5.75 Å². The van der Waals surface area contributed by atoms with Crippen LogP contribution < -0.4 is 15.0 Å². The number of nitrogens with one attached hydrogen (secondary N) is 1. The molecule has 1 aromatic carbocycles. The van der Waals surface area contributed by atoms with Gasteiger partial charge in [-0.1, -0.05) is 18.2 Å². The van der Waals surface area contributed by atoms with Crippen LogP contribution in [0.4, 0.5) is 5.69 Å². The third kappa shape index (κ3) is 11.7. The Morgan fingerprint density at radius 1 is 1.05 bits per heavy atom. The van der Waals surface area contributed by atoms with Crippen LogP contribution >= 0.6 is 37.2 Å². The van der Waals surface area contributed by atoms with E-state index in [-0.39, 0.29) is 67.4 Å². The minimum atomic E-state index is 0. The lowest BCUT2D eigenvalue weighted by Crippen LogP contribution is -2.47. The third-order valence-corrected chi connectivity index (χ3v) is 8.13. The number of rotatable bonds is 9. The van der Waals surface area contributed by atoms with Crippen LogP contribution in [0, 0.1) is 11.8 Å². The molecule has 0 radical (unpaired) electrons. The summed E-state index contributed by atoms with van der Waals surface area (Å²) in [6.07, 6.45) is 8.21. The second-order valence-corrected chi connectivity index (χ2v) is 11.5. The van der Waals surface area contributed by atoms with Crippen LogP contribution in [-0.2, 0) is 22.6 Å². The summed E-state index contributed by atoms with van der Waals surface area (Å²) < 4.78 is 6.20. The summed E-state index contributed by atoms with van der Waals surface area (Å²) in [7, 11) is 7.99. The minimum Gasteiger partial charge on any atom is -0.489 e. The molecule has 9 nitrogen and oxygen atoms in total. The zero-order valence-corrected chi connectivity index (χ0v) is 28.8. The zero-order valence-electron chi connectivity index (χ0n) is 26.3. The molecule has 1 aromatic heterocycles. The van der Waals surface area contributed by atoms with E-state index >= 15 is 0 Å². The highest BCUT2D eigenvalue weighted by molar-refractivity contribution is 5.86. The van der Waals surface area contributed by atoms with Gasteiger partial charge in [0.05, 0.1) is 6.54 Å². The number of halogens is 3. The molecule has 0 aliphatic carbocycles. The standard InChI is InChI=1S/C32H46N6O3.3ClH/c1-35(2)17-18-37(4)31(39)21-25-12-16-38-24-26(25)8-7-19-41-30-11-10-29(20-27(30)22-33-23-32(38)40)36(3)15-13-28-9-5-6-14-34-28;;;/h5-11,14,20,25-26,33H,12-13,15-19,21-24H2,1-4H3;3*1H/b8-7+;;;/t25-,26-;;;/m0.../s1. The van der Waals surface area contributed by atoms with E-state index in [2.05, 4.69) is 45.4 Å². The molecule has 0 saturated carbocycles. The summed E-state index contributed by atoms with van der Waals surface area (Å²) in [6, 6.07) is 12.2. The summed E-state index contributed by atoms with van der Waals surface area (Å²) in [5.74, 6) is 1.41. The van der Waals surface area contributed by atoms with Crippen molar-refractivity contribution in [1.29, 1.82) is 0 Å². The molecule has 4 rings (SSSR count). The molecular weight excluding hydrogens is 623 g/mol. The number of ether oxygens (including phenoxy) is 1. The highest BCUT2D eigenvalue weighted by Gasteiger charge is 2.32. The third-order valence-electron chi connectivity index (χ3n) is 8.13. The predicted molar refractivity (Wildman–Crippen MR) is 185 cm³/mol. The smallest absolute Gasteiger partial charge is 0.236 e. The monoisotopic (exact) mass is 670 g/mol. The molecular formula is C32H49Cl3N6O3. The molecule has 2 aliphatic heterocycles. The summed E-state index contributed by atoms with van der Waals surface area (Å²) in [6.45, 7) is 4.97. The van der Waals surface area contributed by atoms with Crippen LogP contribution in [0.2, 0.25) is 0 Å². The van der Waals surface area contributed by atoms with Crippen molar-refractivity contribution in [2.45, 2.75) is 25.8 Å². The number of hydrogen-bond donors (Lipinski definition) is 1. The van der Waals surface area contributed by atoms with Gasteiger partial charge in [0.15, 0.2) is 0 Å². The van der Waals surface area contributed by atoms with Gasteiger partial charge in [-0.15, -0.1) is 37.2 Å². The van der Waals surface area contributed by atoms with Crippen LogP contribution in [0.1, 0.15) is 24.1 Å². The molecule has 0 unspecified atom stereocenters. The quantitative estimate of drug-likeness (QED) is 0.405. The number of benzene rings is 1. The molecule has 2 aromatic rings. The maximum absolute atomic E-state index is 13.1. The summed E-state index contributed by atoms with van der Waals surface area (Å²) in [4.78, 5) is 38.6. The van der Waals surface area contributed by atoms with E-state index in [1.807, 2.05) is 67.5 Å². The number of piperidine rings is 1. The number of pyridine rings is 1. The minimum absolute atomic E-state index is 0. The predicted octanol–water partition coefficient (Wildman–Crippen LogP) is 3.94. The van der Waals surface area contributed by atoms with Gasteiger partial charge in [0.25, 0.3) is 0 Å². The van der Waals surface area contributed by atoms with E-state index in [0.717, 1.165) is 48.6 Å². The van der Waals surface area contributed by atoms with Gasteiger partial charge in [0, 0.05) is 89.3 Å². The molecule has 2 atom stereocenters. The molecule has 2 aliphatic rings. The maximum atomic E-state index is 13.1. The molecule has 246 valence electrons. The average molecular weight is 672 g/mol. The number of anilines is 1. The van der Waals surface area contributed by atoms with E-state index in [9.17, 15) is 9.59 Å². The highest BCUT2D eigenvalue weighted by Crippen LogP contribution is 2.29. The van der Waals surface area contributed by atoms with Gasteiger partial charge >= 0.3 is 0 Å². The van der Waals surface area contributed by atoms with Gasteiger partial charge < -0.3 is 29.7 Å². The van der Waals surface area contributed by atoms with E-state index in [4.69, 9.17) is 4.74 Å². The topological polar surface area (TPSA) is 81.2 Å². The first-order chi connectivity index (χ1) is 19.8. The summed E-state index contributed by atoms with van der Waals surface area (Å²) >= 11 is 0. The number of nitrogens with zero attached hydrogens (tertiary/aromatic N) is 5. The molecule has 1 N–H and O–H groups in total. The number of amides is 2. The SMILES string of the molecule is CN(C)CCN(C)C(=O)C[C@@H]1CCN2C[C@@H]1/C=C/COc1ccc(N(C)CCc3ccccn3)cc1CNCC2=O.Cl.Cl.Cl. The first kappa shape index (κ1) is 39.5. The Hall–Kier alpha value is -2.56. The van der Waals surface area contributed by atoms with E-state index in [1.165, 1.54) is 0 Å². The Morgan fingerprint density at radius 2 is 1.84 bits per heavy atom. The fourth-order valence-electron chi connectivity index (χ4n) is 5.41. The summed E-state index contributed by atoms with van der Waals surface area (Å²) in [5.41, 5.74) is 3.19. The largest absolute Gasteiger partial charge is 0.489 e. The molecule has 2 bridgehead atoms. The first-order valence-corrected chi connectivity index (χ1v) is 14.7. The van der Waals surface area contributed by atoms with Crippen molar-refractivity contribution in [2.24, 2.45) is 11.8 Å². The lowest BCUT2D eigenvalue weighted by molar-refractivity contribution is -0.134. The van der Waals surface area contributed by atoms with Crippen molar-refractivity contribution in [2.75, 3.05) is 79.0 Å². The Kier molecular flexibility index (Phi) is 17.7. The lowest BCUT2D eigenvalue weighted by Gasteiger charge is -2.38. The van der Waals surface area contributed by atoms with Gasteiger partial charge in [-0.05, 0) is 62.7 Å². The number of carbonyl (C=O) groups is 2. The number of fused-ring (bicyclic) bond motifs is 3. The van der Waals surface area contributed by atoms with Crippen molar-refractivity contribution in [3.63, 3.8) is 0 Å². The molecule has 44 heavy (non-hydrogen) atoms. The second kappa shape index (κ2) is 19.7. The van der Waals surface area contributed by atoms with Crippen LogP contribution in [0.3, 0.4) is 0 Å². The fraction of sp³-hybridized carbons (Fsp3) is 0.531. The van der Waals surface area contributed by atoms with Gasteiger partial charge in [-0.2, -0.15) is 0 Å². The van der Waals surface area contributed by atoms with Crippen molar-refractivity contribution < 1.29 is 14.3 Å².